The number of aromatic nitrogens is 4. The number of rotatable bonds is 10. The topological polar surface area (TPSA) is 128 Å². The minimum atomic E-state index is 0.721. The molecule has 0 aliphatic rings. The van der Waals surface area contributed by atoms with Gasteiger partial charge in [-0.25, -0.2) is 19.9 Å². The Morgan fingerprint density at radius 2 is 1.03 bits per heavy atom. The molecule has 3 aromatic heterocycles. The standard InChI is InChI=1S/C28H28N8S/c29-35-11-9-19-3-1-5-21(13-19)23-15-25(33-17-31-23)27-7-8-28(37-27)26-16-24(32-18-34-26)22-6-2-4-20(14-22)10-12-36-30/h1-8,13-18,35-36H,9-12,29-30H2. The first-order chi connectivity index (χ1) is 18.2. The lowest BCUT2D eigenvalue weighted by molar-refractivity contribution is 0.728. The van der Waals surface area contributed by atoms with Crippen molar-refractivity contribution in [2.75, 3.05) is 13.1 Å². The van der Waals surface area contributed by atoms with Crippen LogP contribution in [0.1, 0.15) is 11.1 Å². The van der Waals surface area contributed by atoms with Gasteiger partial charge in [-0.3, -0.25) is 22.5 Å². The molecule has 5 rings (SSSR count). The van der Waals surface area contributed by atoms with E-state index in [0.29, 0.717) is 0 Å². The van der Waals surface area contributed by atoms with Crippen LogP contribution >= 0.6 is 11.3 Å². The van der Waals surface area contributed by atoms with E-state index in [-0.39, 0.29) is 0 Å². The average molecular weight is 509 g/mol. The second-order valence-electron chi connectivity index (χ2n) is 8.55. The summed E-state index contributed by atoms with van der Waals surface area (Å²) in [6.45, 7) is 1.44. The van der Waals surface area contributed by atoms with Crippen molar-refractivity contribution < 1.29 is 0 Å². The maximum absolute atomic E-state index is 5.43. The van der Waals surface area contributed by atoms with Crippen LogP contribution in [0.4, 0.5) is 0 Å². The zero-order chi connectivity index (χ0) is 25.5. The molecule has 3 heterocycles. The molecule has 5 aromatic rings. The minimum absolute atomic E-state index is 0.721. The predicted molar refractivity (Wildman–Crippen MR) is 149 cm³/mol. The van der Waals surface area contributed by atoms with Crippen molar-refractivity contribution in [1.82, 2.24) is 30.8 Å². The molecule has 0 spiro atoms. The maximum atomic E-state index is 5.43. The van der Waals surface area contributed by atoms with Crippen LogP contribution in [0.25, 0.3) is 43.7 Å². The number of hydrazine groups is 2. The highest BCUT2D eigenvalue weighted by atomic mass is 32.1. The van der Waals surface area contributed by atoms with Crippen LogP contribution in [0.5, 0.6) is 0 Å². The number of thiophene rings is 1. The molecule has 0 radical (unpaired) electrons. The van der Waals surface area contributed by atoms with Crippen molar-refractivity contribution in [3.05, 3.63) is 96.6 Å². The molecule has 0 aliphatic heterocycles. The summed E-state index contributed by atoms with van der Waals surface area (Å²) in [6.07, 6.45) is 4.95. The summed E-state index contributed by atoms with van der Waals surface area (Å²) in [5.41, 5.74) is 13.5. The van der Waals surface area contributed by atoms with E-state index in [1.54, 1.807) is 24.0 Å². The average Bonchev–Trinajstić information content (AvgIpc) is 3.46. The Kier molecular flexibility index (Phi) is 7.99. The highest BCUT2D eigenvalue weighted by Gasteiger charge is 2.11. The van der Waals surface area contributed by atoms with Crippen LogP contribution in [-0.2, 0) is 12.8 Å². The summed E-state index contributed by atoms with van der Waals surface area (Å²) in [6, 6.07) is 24.9. The maximum Gasteiger partial charge on any atom is 0.116 e. The number of hydrogen-bond donors (Lipinski definition) is 4. The van der Waals surface area contributed by atoms with Gasteiger partial charge in [-0.15, -0.1) is 11.3 Å². The molecule has 8 nitrogen and oxygen atoms in total. The summed E-state index contributed by atoms with van der Waals surface area (Å²) in [4.78, 5) is 20.2. The molecule has 37 heavy (non-hydrogen) atoms. The monoisotopic (exact) mass is 508 g/mol. The molecule has 0 unspecified atom stereocenters. The molecule has 0 saturated heterocycles. The minimum Gasteiger partial charge on any atom is -0.271 e. The number of nitrogens with zero attached hydrogens (tertiary/aromatic N) is 4. The van der Waals surface area contributed by atoms with Crippen molar-refractivity contribution in [3.8, 4) is 43.7 Å². The Hall–Kier alpha value is -3.86. The fourth-order valence-corrected chi connectivity index (χ4v) is 5.06. The van der Waals surface area contributed by atoms with Crippen molar-refractivity contribution >= 4 is 11.3 Å². The third kappa shape index (κ3) is 6.11. The van der Waals surface area contributed by atoms with Crippen LogP contribution < -0.4 is 22.5 Å². The second kappa shape index (κ2) is 11.9. The van der Waals surface area contributed by atoms with E-state index in [1.807, 2.05) is 24.3 Å². The number of nitrogens with two attached hydrogens (primary N) is 2. The first-order valence-electron chi connectivity index (χ1n) is 12.0. The van der Waals surface area contributed by atoms with Gasteiger partial charge in [0.1, 0.15) is 12.7 Å². The van der Waals surface area contributed by atoms with E-state index >= 15 is 0 Å². The quantitative estimate of drug-likeness (QED) is 0.165. The molecule has 0 fully saturated rings. The first kappa shape index (κ1) is 24.8. The second-order valence-corrected chi connectivity index (χ2v) is 9.63. The molecule has 0 aliphatic carbocycles. The molecule has 6 N–H and O–H groups in total. The molecular formula is C28H28N8S. The molecular weight excluding hydrogens is 480 g/mol. The zero-order valence-electron chi connectivity index (χ0n) is 20.3. The third-order valence-electron chi connectivity index (χ3n) is 6.01. The van der Waals surface area contributed by atoms with Gasteiger partial charge in [0.15, 0.2) is 0 Å². The van der Waals surface area contributed by atoms with Crippen molar-refractivity contribution in [2.45, 2.75) is 12.8 Å². The molecule has 9 heteroatoms. The van der Waals surface area contributed by atoms with E-state index in [9.17, 15) is 0 Å². The molecule has 186 valence electrons. The van der Waals surface area contributed by atoms with Gasteiger partial charge in [-0.1, -0.05) is 36.4 Å². The van der Waals surface area contributed by atoms with Crippen LogP contribution in [0.2, 0.25) is 0 Å². The van der Waals surface area contributed by atoms with E-state index < -0.39 is 0 Å². The Morgan fingerprint density at radius 1 is 0.568 bits per heavy atom. The van der Waals surface area contributed by atoms with Crippen molar-refractivity contribution in [2.24, 2.45) is 11.7 Å². The zero-order valence-corrected chi connectivity index (χ0v) is 21.1. The van der Waals surface area contributed by atoms with E-state index in [0.717, 1.165) is 69.6 Å². The molecule has 0 atom stereocenters. The summed E-state index contributed by atoms with van der Waals surface area (Å²) in [5, 5.41) is 0. The lowest BCUT2D eigenvalue weighted by Crippen LogP contribution is -2.24. The summed E-state index contributed by atoms with van der Waals surface area (Å²) >= 11 is 1.65. The fourth-order valence-electron chi connectivity index (χ4n) is 4.12. The third-order valence-corrected chi connectivity index (χ3v) is 7.14. The highest BCUT2D eigenvalue weighted by Crippen LogP contribution is 2.34. The largest absolute Gasteiger partial charge is 0.271 e. The van der Waals surface area contributed by atoms with Crippen LogP contribution in [0.3, 0.4) is 0 Å². The van der Waals surface area contributed by atoms with Gasteiger partial charge in [0.05, 0.1) is 32.5 Å². The Balaban J connectivity index is 1.39. The summed E-state index contributed by atoms with van der Waals surface area (Å²) in [5.74, 6) is 10.9. The summed E-state index contributed by atoms with van der Waals surface area (Å²) < 4.78 is 0. The van der Waals surface area contributed by atoms with Gasteiger partial charge in [0.25, 0.3) is 0 Å². The Morgan fingerprint density at radius 3 is 1.49 bits per heavy atom. The van der Waals surface area contributed by atoms with Gasteiger partial charge in [-0.05, 0) is 60.4 Å². The molecule has 2 aromatic carbocycles. The van der Waals surface area contributed by atoms with Crippen LogP contribution in [-0.4, -0.2) is 33.0 Å². The van der Waals surface area contributed by atoms with Gasteiger partial charge in [0, 0.05) is 24.2 Å². The van der Waals surface area contributed by atoms with E-state index in [1.165, 1.54) is 11.1 Å². The first-order valence-corrected chi connectivity index (χ1v) is 12.9. The SMILES string of the molecule is NNCCc1cccc(-c2cc(-c3ccc(-c4cc(-c5cccc(CCNN)c5)ncn4)s3)ncn2)c1. The summed E-state index contributed by atoms with van der Waals surface area (Å²) in [7, 11) is 0. The van der Waals surface area contributed by atoms with Crippen molar-refractivity contribution in [3.63, 3.8) is 0 Å². The lowest BCUT2D eigenvalue weighted by atomic mass is 10.0. The number of benzene rings is 2. The van der Waals surface area contributed by atoms with Gasteiger partial charge >= 0.3 is 0 Å². The van der Waals surface area contributed by atoms with Gasteiger partial charge in [0.2, 0.25) is 0 Å². The Labute approximate surface area is 219 Å². The van der Waals surface area contributed by atoms with E-state index in [4.69, 9.17) is 11.7 Å². The van der Waals surface area contributed by atoms with Crippen molar-refractivity contribution in [1.29, 1.82) is 0 Å². The fraction of sp³-hybridized carbons (Fsp3) is 0.143. The highest BCUT2D eigenvalue weighted by molar-refractivity contribution is 7.18. The Bertz CT molecular complexity index is 1370. The molecule has 0 amide bonds. The smallest absolute Gasteiger partial charge is 0.116 e. The predicted octanol–water partition coefficient (Wildman–Crippen LogP) is 4.01. The number of hydrogen-bond acceptors (Lipinski definition) is 9. The lowest BCUT2D eigenvalue weighted by Gasteiger charge is -2.06. The van der Waals surface area contributed by atoms with Gasteiger partial charge < -0.3 is 0 Å². The van der Waals surface area contributed by atoms with Crippen LogP contribution in [0.15, 0.2) is 85.5 Å². The normalized spacial score (nSPS) is 11.1. The molecule has 0 bridgehead atoms. The van der Waals surface area contributed by atoms with Gasteiger partial charge in [-0.2, -0.15) is 0 Å². The number of nitrogens with one attached hydrogen (secondary N) is 2. The van der Waals surface area contributed by atoms with E-state index in [2.05, 4.69) is 79.3 Å². The van der Waals surface area contributed by atoms with Crippen LogP contribution in [0, 0.1) is 0 Å². The molecule has 0 saturated carbocycles.